The number of carbonyl (C=O) groups excluding carboxylic acids is 1. The van der Waals surface area contributed by atoms with Gasteiger partial charge in [0.2, 0.25) is 5.91 Å². The van der Waals surface area contributed by atoms with E-state index >= 15 is 0 Å². The third kappa shape index (κ3) is 5.40. The highest BCUT2D eigenvalue weighted by atomic mass is 32.1. The summed E-state index contributed by atoms with van der Waals surface area (Å²) in [5, 5.41) is 4.67. The highest BCUT2D eigenvalue weighted by Gasteiger charge is 2.31. The predicted molar refractivity (Wildman–Crippen MR) is 111 cm³/mol. The van der Waals surface area contributed by atoms with Crippen molar-refractivity contribution in [2.45, 2.75) is 25.7 Å². The Morgan fingerprint density at radius 2 is 1.94 bits per heavy atom. The molecule has 31 heavy (non-hydrogen) atoms. The molecule has 0 fully saturated rings. The van der Waals surface area contributed by atoms with Crippen LogP contribution in [-0.2, 0) is 17.8 Å². The zero-order valence-corrected chi connectivity index (χ0v) is 16.9. The molecule has 0 spiro atoms. The van der Waals surface area contributed by atoms with E-state index in [0.717, 1.165) is 34.0 Å². The molecular formula is C21H17F3N4O2S. The van der Waals surface area contributed by atoms with Crippen LogP contribution in [0, 0.1) is 0 Å². The second kappa shape index (κ2) is 8.76. The standard InChI is InChI=1S/C21H17F3N4O2S/c22-21(23,24)30-15-7-5-14(6-8-15)26-19(29)10-9-18-27-17-4-1-11-25-20(17)28(18)13-16-3-2-12-31-16/h1-8,11-12H,9-10,13H2,(H,26,29). The lowest BCUT2D eigenvalue weighted by atomic mass is 10.2. The number of halogens is 3. The Bertz CT molecular complexity index is 1170. The van der Waals surface area contributed by atoms with Gasteiger partial charge in [0, 0.05) is 29.6 Å². The molecule has 4 aromatic rings. The molecule has 0 saturated carbocycles. The van der Waals surface area contributed by atoms with Gasteiger partial charge in [0.05, 0.1) is 6.54 Å². The van der Waals surface area contributed by atoms with Crippen molar-refractivity contribution in [1.29, 1.82) is 0 Å². The number of benzene rings is 1. The van der Waals surface area contributed by atoms with Crippen molar-refractivity contribution < 1.29 is 22.7 Å². The summed E-state index contributed by atoms with van der Waals surface area (Å²) >= 11 is 1.63. The van der Waals surface area contributed by atoms with Gasteiger partial charge >= 0.3 is 6.36 Å². The van der Waals surface area contributed by atoms with E-state index < -0.39 is 6.36 Å². The summed E-state index contributed by atoms with van der Waals surface area (Å²) in [6.07, 6.45) is -2.50. The molecule has 0 radical (unpaired) electrons. The van der Waals surface area contributed by atoms with Gasteiger partial charge in [0.15, 0.2) is 5.65 Å². The Labute approximate surface area is 179 Å². The summed E-state index contributed by atoms with van der Waals surface area (Å²) in [4.78, 5) is 22.6. The average molecular weight is 446 g/mol. The molecule has 10 heteroatoms. The number of pyridine rings is 1. The van der Waals surface area contributed by atoms with Crippen LogP contribution in [0.25, 0.3) is 11.2 Å². The number of aromatic nitrogens is 3. The quantitative estimate of drug-likeness (QED) is 0.433. The summed E-state index contributed by atoms with van der Waals surface area (Å²) in [7, 11) is 0. The maximum absolute atomic E-state index is 12.4. The number of anilines is 1. The van der Waals surface area contributed by atoms with Crippen molar-refractivity contribution in [3.8, 4) is 5.75 Å². The summed E-state index contributed by atoms with van der Waals surface area (Å²) in [6, 6.07) is 12.7. The Morgan fingerprint density at radius 1 is 1.13 bits per heavy atom. The van der Waals surface area contributed by atoms with Crippen LogP contribution in [0.4, 0.5) is 18.9 Å². The van der Waals surface area contributed by atoms with Crippen LogP contribution in [0.15, 0.2) is 60.1 Å². The Kier molecular flexibility index (Phi) is 5.90. The van der Waals surface area contributed by atoms with Crippen LogP contribution in [0.2, 0.25) is 0 Å². The number of alkyl halides is 3. The number of hydrogen-bond acceptors (Lipinski definition) is 5. The molecule has 0 unspecified atom stereocenters. The fourth-order valence-corrected chi connectivity index (χ4v) is 3.80. The lowest BCUT2D eigenvalue weighted by Gasteiger charge is -2.10. The van der Waals surface area contributed by atoms with Gasteiger partial charge < -0.3 is 14.6 Å². The van der Waals surface area contributed by atoms with Gasteiger partial charge in [-0.25, -0.2) is 9.97 Å². The minimum absolute atomic E-state index is 0.161. The van der Waals surface area contributed by atoms with Crippen LogP contribution in [-0.4, -0.2) is 26.8 Å². The number of nitrogens with one attached hydrogen (secondary N) is 1. The molecular weight excluding hydrogens is 429 g/mol. The minimum Gasteiger partial charge on any atom is -0.406 e. The lowest BCUT2D eigenvalue weighted by Crippen LogP contribution is -2.17. The second-order valence-corrected chi connectivity index (χ2v) is 7.69. The van der Waals surface area contributed by atoms with Crippen LogP contribution in [0.5, 0.6) is 5.75 Å². The molecule has 6 nitrogen and oxygen atoms in total. The first-order valence-electron chi connectivity index (χ1n) is 9.35. The van der Waals surface area contributed by atoms with Crippen molar-refractivity contribution >= 4 is 34.1 Å². The fourth-order valence-electron chi connectivity index (χ4n) is 3.11. The van der Waals surface area contributed by atoms with Crippen molar-refractivity contribution in [3.63, 3.8) is 0 Å². The number of thiophene rings is 1. The summed E-state index contributed by atoms with van der Waals surface area (Å²) < 4.78 is 42.5. The molecule has 3 aromatic heterocycles. The average Bonchev–Trinajstić information content (AvgIpc) is 3.35. The number of nitrogens with zero attached hydrogens (tertiary/aromatic N) is 3. The molecule has 0 aliphatic rings. The van der Waals surface area contributed by atoms with Gasteiger partial charge in [-0.15, -0.1) is 24.5 Å². The molecule has 0 saturated heterocycles. The number of ether oxygens (including phenoxy) is 1. The second-order valence-electron chi connectivity index (χ2n) is 6.66. The summed E-state index contributed by atoms with van der Waals surface area (Å²) in [5.74, 6) is 0.124. The highest BCUT2D eigenvalue weighted by Crippen LogP contribution is 2.24. The molecule has 0 aliphatic carbocycles. The maximum Gasteiger partial charge on any atom is 0.573 e. The number of rotatable bonds is 7. The first-order valence-corrected chi connectivity index (χ1v) is 10.2. The largest absolute Gasteiger partial charge is 0.573 e. The zero-order chi connectivity index (χ0) is 21.8. The topological polar surface area (TPSA) is 69.0 Å². The summed E-state index contributed by atoms with van der Waals surface area (Å²) in [5.41, 5.74) is 1.90. The first-order chi connectivity index (χ1) is 14.9. The molecule has 1 amide bonds. The SMILES string of the molecule is O=C(CCc1nc2cccnc2n1Cc1cccs1)Nc1ccc(OC(F)(F)F)cc1. The van der Waals surface area contributed by atoms with Crippen molar-refractivity contribution in [2.24, 2.45) is 0 Å². The first kappa shape index (κ1) is 20.9. The third-order valence-corrected chi connectivity index (χ3v) is 5.29. The van der Waals surface area contributed by atoms with E-state index in [2.05, 4.69) is 20.0 Å². The van der Waals surface area contributed by atoms with Crippen LogP contribution >= 0.6 is 11.3 Å². The van der Waals surface area contributed by atoms with E-state index in [1.54, 1.807) is 17.5 Å². The monoisotopic (exact) mass is 446 g/mol. The maximum atomic E-state index is 12.4. The van der Waals surface area contributed by atoms with Crippen LogP contribution in [0.1, 0.15) is 17.1 Å². The normalized spacial score (nSPS) is 11.6. The van der Waals surface area contributed by atoms with Crippen molar-refractivity contribution in [3.05, 3.63) is 70.8 Å². The zero-order valence-electron chi connectivity index (χ0n) is 16.1. The Hall–Kier alpha value is -3.40. The fraction of sp³-hybridized carbons (Fsp3) is 0.190. The number of aryl methyl sites for hydroxylation is 1. The highest BCUT2D eigenvalue weighted by molar-refractivity contribution is 7.09. The predicted octanol–water partition coefficient (Wildman–Crippen LogP) is 5.01. The van der Waals surface area contributed by atoms with Crippen LogP contribution in [0.3, 0.4) is 0 Å². The molecule has 4 rings (SSSR count). The molecule has 3 heterocycles. The van der Waals surface area contributed by atoms with Gasteiger partial charge in [0.1, 0.15) is 17.1 Å². The Balaban J connectivity index is 1.42. The van der Waals surface area contributed by atoms with Crippen molar-refractivity contribution in [2.75, 3.05) is 5.32 Å². The molecule has 0 aliphatic heterocycles. The van der Waals surface area contributed by atoms with E-state index in [4.69, 9.17) is 0 Å². The molecule has 1 N–H and O–H groups in total. The van der Waals surface area contributed by atoms with Gasteiger partial charge in [-0.2, -0.15) is 0 Å². The Morgan fingerprint density at radius 3 is 2.65 bits per heavy atom. The number of imidazole rings is 1. The van der Waals surface area contributed by atoms with Gasteiger partial charge in [0.25, 0.3) is 0 Å². The molecule has 0 atom stereocenters. The van der Waals surface area contributed by atoms with E-state index in [-0.39, 0.29) is 18.1 Å². The van der Waals surface area contributed by atoms with Gasteiger partial charge in [-0.1, -0.05) is 6.07 Å². The van der Waals surface area contributed by atoms with Gasteiger partial charge in [-0.3, -0.25) is 4.79 Å². The number of amides is 1. The van der Waals surface area contributed by atoms with Gasteiger partial charge in [-0.05, 0) is 47.8 Å². The molecule has 0 bridgehead atoms. The summed E-state index contributed by atoms with van der Waals surface area (Å²) in [6.45, 7) is 0.614. The number of hydrogen-bond donors (Lipinski definition) is 1. The molecule has 160 valence electrons. The van der Waals surface area contributed by atoms with E-state index in [0.29, 0.717) is 18.7 Å². The van der Waals surface area contributed by atoms with Crippen molar-refractivity contribution in [1.82, 2.24) is 14.5 Å². The van der Waals surface area contributed by atoms with Crippen LogP contribution < -0.4 is 10.1 Å². The smallest absolute Gasteiger partial charge is 0.406 e. The van der Waals surface area contributed by atoms with E-state index in [1.807, 2.05) is 34.2 Å². The molecule has 1 aromatic carbocycles. The number of fused-ring (bicyclic) bond motifs is 1. The lowest BCUT2D eigenvalue weighted by molar-refractivity contribution is -0.274. The van der Waals surface area contributed by atoms with E-state index in [9.17, 15) is 18.0 Å². The minimum atomic E-state index is -4.76. The van der Waals surface area contributed by atoms with E-state index in [1.165, 1.54) is 12.1 Å². The number of carbonyl (C=O) groups is 1. The third-order valence-electron chi connectivity index (χ3n) is 4.42.